The molecule has 2 heteroatoms. The van der Waals surface area contributed by atoms with Gasteiger partial charge >= 0.3 is 0 Å². The van der Waals surface area contributed by atoms with Crippen molar-refractivity contribution < 1.29 is 5.11 Å². The summed E-state index contributed by atoms with van der Waals surface area (Å²) in [4.78, 5) is 0. The van der Waals surface area contributed by atoms with Crippen LogP contribution < -0.4 is 5.32 Å². The lowest BCUT2D eigenvalue weighted by Gasteiger charge is -2.11. The van der Waals surface area contributed by atoms with Crippen LogP contribution in [0.15, 0.2) is 42.5 Å². The minimum atomic E-state index is -0.378. The predicted molar refractivity (Wildman–Crippen MR) is 67.5 cm³/mol. The first-order valence-corrected chi connectivity index (χ1v) is 5.62. The van der Waals surface area contributed by atoms with Crippen LogP contribution in [0.2, 0.25) is 0 Å². The summed E-state index contributed by atoms with van der Waals surface area (Å²) in [5, 5.41) is 15.4. The Morgan fingerprint density at radius 1 is 1.12 bits per heavy atom. The van der Waals surface area contributed by atoms with Gasteiger partial charge in [0.15, 0.2) is 0 Å². The van der Waals surface area contributed by atoms with E-state index in [1.165, 1.54) is 10.8 Å². The van der Waals surface area contributed by atoms with Gasteiger partial charge in [-0.1, -0.05) is 36.4 Å². The van der Waals surface area contributed by atoms with Gasteiger partial charge in [0.25, 0.3) is 0 Å². The molecule has 1 atom stereocenters. The van der Waals surface area contributed by atoms with Crippen molar-refractivity contribution in [1.82, 2.24) is 5.32 Å². The minimum Gasteiger partial charge on any atom is -0.388 e. The van der Waals surface area contributed by atoms with Crippen LogP contribution in [0.1, 0.15) is 18.1 Å². The molecule has 0 aliphatic rings. The van der Waals surface area contributed by atoms with Crippen molar-refractivity contribution in [3.05, 3.63) is 48.0 Å². The molecule has 2 N–H and O–H groups in total. The summed E-state index contributed by atoms with van der Waals surface area (Å²) >= 11 is 0. The zero-order valence-electron chi connectivity index (χ0n) is 9.48. The molecule has 0 aliphatic carbocycles. The van der Waals surface area contributed by atoms with Gasteiger partial charge in [-0.2, -0.15) is 0 Å². The number of aliphatic hydroxyl groups is 1. The maximum Gasteiger partial charge on any atom is 0.0802 e. The quantitative estimate of drug-likeness (QED) is 0.821. The molecule has 0 aromatic heterocycles. The van der Waals surface area contributed by atoms with Gasteiger partial charge in [0.05, 0.1) is 6.10 Å². The van der Waals surface area contributed by atoms with E-state index in [0.29, 0.717) is 0 Å². The Bertz CT molecular complexity index is 467. The zero-order valence-corrected chi connectivity index (χ0v) is 9.48. The fourth-order valence-corrected chi connectivity index (χ4v) is 1.86. The van der Waals surface area contributed by atoms with Gasteiger partial charge in [-0.05, 0) is 42.4 Å². The summed E-state index contributed by atoms with van der Waals surface area (Å²) in [7, 11) is 1.90. The van der Waals surface area contributed by atoms with Crippen LogP contribution in [-0.4, -0.2) is 18.7 Å². The molecule has 0 unspecified atom stereocenters. The molecular weight excluding hydrogens is 198 g/mol. The van der Waals surface area contributed by atoms with Crippen molar-refractivity contribution in [2.45, 2.75) is 12.5 Å². The third-order valence-corrected chi connectivity index (χ3v) is 2.83. The third kappa shape index (κ3) is 2.40. The maximum atomic E-state index is 9.97. The van der Waals surface area contributed by atoms with Crippen LogP contribution in [0.25, 0.3) is 10.8 Å². The highest BCUT2D eigenvalue weighted by molar-refractivity contribution is 5.83. The average Bonchev–Trinajstić information content (AvgIpc) is 2.35. The molecule has 16 heavy (non-hydrogen) atoms. The van der Waals surface area contributed by atoms with Gasteiger partial charge in [-0.3, -0.25) is 0 Å². The zero-order chi connectivity index (χ0) is 11.4. The first-order valence-electron chi connectivity index (χ1n) is 5.62. The summed E-state index contributed by atoms with van der Waals surface area (Å²) in [5.74, 6) is 0. The Labute approximate surface area is 95.9 Å². The Balaban J connectivity index is 2.25. The second-order valence-electron chi connectivity index (χ2n) is 4.01. The molecule has 2 rings (SSSR count). The standard InChI is InChI=1S/C14H17NO/c1-15-9-8-14(16)13-7-6-11-4-2-3-5-12(11)10-13/h2-7,10,14-16H,8-9H2,1H3/t14-/m0/s1. The first kappa shape index (κ1) is 11.1. The van der Waals surface area contributed by atoms with Crippen LogP contribution in [0, 0.1) is 0 Å². The molecule has 0 fully saturated rings. The van der Waals surface area contributed by atoms with E-state index in [-0.39, 0.29) is 6.10 Å². The Kier molecular flexibility index (Phi) is 3.54. The number of hydrogen-bond donors (Lipinski definition) is 2. The van der Waals surface area contributed by atoms with Crippen LogP contribution >= 0.6 is 0 Å². The molecule has 0 bridgehead atoms. The average molecular weight is 215 g/mol. The van der Waals surface area contributed by atoms with Crippen molar-refractivity contribution >= 4 is 10.8 Å². The number of benzene rings is 2. The number of fused-ring (bicyclic) bond motifs is 1. The van der Waals surface area contributed by atoms with Crippen LogP contribution in [0.4, 0.5) is 0 Å². The van der Waals surface area contributed by atoms with E-state index in [4.69, 9.17) is 0 Å². The van der Waals surface area contributed by atoms with Crippen molar-refractivity contribution in [1.29, 1.82) is 0 Å². The monoisotopic (exact) mass is 215 g/mol. The summed E-state index contributed by atoms with van der Waals surface area (Å²) < 4.78 is 0. The Hall–Kier alpha value is -1.38. The Morgan fingerprint density at radius 2 is 1.88 bits per heavy atom. The molecule has 0 saturated carbocycles. The number of hydrogen-bond acceptors (Lipinski definition) is 2. The van der Waals surface area contributed by atoms with E-state index in [9.17, 15) is 5.11 Å². The van der Waals surface area contributed by atoms with Crippen molar-refractivity contribution in [3.63, 3.8) is 0 Å². The molecule has 84 valence electrons. The van der Waals surface area contributed by atoms with Crippen LogP contribution in [0.3, 0.4) is 0 Å². The van der Waals surface area contributed by atoms with Gasteiger partial charge in [-0.25, -0.2) is 0 Å². The lowest BCUT2D eigenvalue weighted by molar-refractivity contribution is 0.168. The fourth-order valence-electron chi connectivity index (χ4n) is 1.86. The molecule has 0 aliphatic heterocycles. The Morgan fingerprint density at radius 3 is 2.62 bits per heavy atom. The van der Waals surface area contributed by atoms with E-state index in [2.05, 4.69) is 29.6 Å². The van der Waals surface area contributed by atoms with Gasteiger partial charge in [0.2, 0.25) is 0 Å². The first-order chi connectivity index (χ1) is 7.81. The van der Waals surface area contributed by atoms with Crippen molar-refractivity contribution in [2.75, 3.05) is 13.6 Å². The summed E-state index contributed by atoms with van der Waals surface area (Å²) in [5.41, 5.74) is 0.994. The van der Waals surface area contributed by atoms with Gasteiger partial charge in [0.1, 0.15) is 0 Å². The predicted octanol–water partition coefficient (Wildman–Crippen LogP) is 2.48. The van der Waals surface area contributed by atoms with E-state index < -0.39 is 0 Å². The number of rotatable bonds is 4. The molecule has 2 nitrogen and oxygen atoms in total. The summed E-state index contributed by atoms with van der Waals surface area (Å²) in [6.45, 7) is 0.827. The summed E-state index contributed by atoms with van der Waals surface area (Å²) in [6.07, 6.45) is 0.367. The number of aliphatic hydroxyl groups excluding tert-OH is 1. The maximum absolute atomic E-state index is 9.97. The fraction of sp³-hybridized carbons (Fsp3) is 0.286. The topological polar surface area (TPSA) is 32.3 Å². The van der Waals surface area contributed by atoms with Gasteiger partial charge < -0.3 is 10.4 Å². The molecule has 0 saturated heterocycles. The summed E-state index contributed by atoms with van der Waals surface area (Å²) in [6, 6.07) is 14.3. The SMILES string of the molecule is CNCC[C@H](O)c1ccc2ccccc2c1. The molecular formula is C14H17NO. The van der Waals surface area contributed by atoms with E-state index >= 15 is 0 Å². The highest BCUT2D eigenvalue weighted by atomic mass is 16.3. The van der Waals surface area contributed by atoms with Gasteiger partial charge in [-0.15, -0.1) is 0 Å². The molecule has 0 amide bonds. The van der Waals surface area contributed by atoms with E-state index in [1.807, 2.05) is 25.2 Å². The molecule has 0 radical (unpaired) electrons. The second kappa shape index (κ2) is 5.10. The van der Waals surface area contributed by atoms with Crippen molar-refractivity contribution in [3.8, 4) is 0 Å². The van der Waals surface area contributed by atoms with Crippen molar-refractivity contribution in [2.24, 2.45) is 0 Å². The number of nitrogens with one attached hydrogen (secondary N) is 1. The van der Waals surface area contributed by atoms with Crippen LogP contribution in [0.5, 0.6) is 0 Å². The molecule has 2 aromatic rings. The lowest BCUT2D eigenvalue weighted by atomic mass is 10.0. The van der Waals surface area contributed by atoms with E-state index in [1.54, 1.807) is 0 Å². The lowest BCUT2D eigenvalue weighted by Crippen LogP contribution is -2.11. The van der Waals surface area contributed by atoms with E-state index in [0.717, 1.165) is 18.5 Å². The van der Waals surface area contributed by atoms with Crippen LogP contribution in [-0.2, 0) is 0 Å². The van der Waals surface area contributed by atoms with Gasteiger partial charge in [0, 0.05) is 0 Å². The smallest absolute Gasteiger partial charge is 0.0802 e. The third-order valence-electron chi connectivity index (χ3n) is 2.83. The minimum absolute atomic E-state index is 0.378. The second-order valence-corrected chi connectivity index (χ2v) is 4.01. The molecule has 0 heterocycles. The normalized spacial score (nSPS) is 12.9. The highest BCUT2D eigenvalue weighted by Gasteiger charge is 2.06. The largest absolute Gasteiger partial charge is 0.388 e. The molecule has 2 aromatic carbocycles. The molecule has 0 spiro atoms. The highest BCUT2D eigenvalue weighted by Crippen LogP contribution is 2.21.